The average molecular weight is 262 g/mol. The number of pyridine rings is 1. The standard InChI is InChI=1S/C14H12F2N2O/c1-9(10-5-6-11(15)12(16)8-10)18-14(19)13-4-2-3-7-17-13/h2-9H,1H3,(H,18,19)/t9-/m0/s1. The lowest BCUT2D eigenvalue weighted by atomic mass is 10.1. The van der Waals surface area contributed by atoms with Crippen molar-refractivity contribution in [3.8, 4) is 0 Å². The van der Waals surface area contributed by atoms with Crippen molar-refractivity contribution in [3.05, 3.63) is 65.5 Å². The molecular formula is C14H12F2N2O. The number of hydrogen-bond acceptors (Lipinski definition) is 2. The van der Waals surface area contributed by atoms with Gasteiger partial charge >= 0.3 is 0 Å². The highest BCUT2D eigenvalue weighted by molar-refractivity contribution is 5.92. The van der Waals surface area contributed by atoms with E-state index in [0.29, 0.717) is 5.56 Å². The summed E-state index contributed by atoms with van der Waals surface area (Å²) in [6.45, 7) is 1.69. The molecule has 1 aromatic heterocycles. The van der Waals surface area contributed by atoms with Crippen molar-refractivity contribution in [1.82, 2.24) is 10.3 Å². The minimum Gasteiger partial charge on any atom is -0.344 e. The smallest absolute Gasteiger partial charge is 0.270 e. The number of halogens is 2. The molecule has 1 heterocycles. The van der Waals surface area contributed by atoms with E-state index in [1.165, 1.54) is 12.3 Å². The molecular weight excluding hydrogens is 250 g/mol. The quantitative estimate of drug-likeness (QED) is 0.924. The summed E-state index contributed by atoms with van der Waals surface area (Å²) < 4.78 is 25.9. The monoisotopic (exact) mass is 262 g/mol. The Morgan fingerprint density at radius 2 is 2.00 bits per heavy atom. The van der Waals surface area contributed by atoms with Crippen molar-refractivity contribution in [2.75, 3.05) is 0 Å². The van der Waals surface area contributed by atoms with Crippen molar-refractivity contribution in [1.29, 1.82) is 0 Å². The van der Waals surface area contributed by atoms with Gasteiger partial charge in [-0.25, -0.2) is 8.78 Å². The fraction of sp³-hybridized carbons (Fsp3) is 0.143. The first-order valence-electron chi connectivity index (χ1n) is 5.75. The average Bonchev–Trinajstić information content (AvgIpc) is 2.42. The summed E-state index contributed by atoms with van der Waals surface area (Å²) in [6, 6.07) is 8.08. The lowest BCUT2D eigenvalue weighted by Gasteiger charge is -2.14. The number of benzene rings is 1. The zero-order chi connectivity index (χ0) is 13.8. The van der Waals surface area contributed by atoms with Gasteiger partial charge in [0.15, 0.2) is 11.6 Å². The SMILES string of the molecule is C[C@H](NC(=O)c1ccccn1)c1ccc(F)c(F)c1. The van der Waals surface area contributed by atoms with Crippen LogP contribution in [0.5, 0.6) is 0 Å². The Bertz CT molecular complexity index is 587. The highest BCUT2D eigenvalue weighted by atomic mass is 19.2. The maximum atomic E-state index is 13.1. The Balaban J connectivity index is 2.10. The molecule has 0 saturated heterocycles. The lowest BCUT2D eigenvalue weighted by molar-refractivity contribution is 0.0935. The Morgan fingerprint density at radius 3 is 2.63 bits per heavy atom. The fourth-order valence-corrected chi connectivity index (χ4v) is 1.63. The van der Waals surface area contributed by atoms with Gasteiger partial charge in [-0.3, -0.25) is 9.78 Å². The molecule has 98 valence electrons. The predicted octanol–water partition coefficient (Wildman–Crippen LogP) is 2.85. The number of carbonyl (C=O) groups is 1. The van der Waals surface area contributed by atoms with Crippen LogP contribution >= 0.6 is 0 Å². The molecule has 0 aliphatic carbocycles. The topological polar surface area (TPSA) is 42.0 Å². The van der Waals surface area contributed by atoms with E-state index in [2.05, 4.69) is 10.3 Å². The van der Waals surface area contributed by atoms with E-state index < -0.39 is 17.7 Å². The van der Waals surface area contributed by atoms with Gasteiger partial charge in [-0.05, 0) is 36.8 Å². The van der Waals surface area contributed by atoms with E-state index in [0.717, 1.165) is 12.1 Å². The van der Waals surface area contributed by atoms with Crippen LogP contribution in [0.1, 0.15) is 29.0 Å². The minimum absolute atomic E-state index is 0.275. The van der Waals surface area contributed by atoms with Crippen molar-refractivity contribution in [2.24, 2.45) is 0 Å². The van der Waals surface area contributed by atoms with Crippen LogP contribution in [0.3, 0.4) is 0 Å². The van der Waals surface area contributed by atoms with E-state index in [-0.39, 0.29) is 11.6 Å². The molecule has 1 atom stereocenters. The van der Waals surface area contributed by atoms with Crippen molar-refractivity contribution < 1.29 is 13.6 Å². The molecule has 2 rings (SSSR count). The summed E-state index contributed by atoms with van der Waals surface area (Å²) in [5.41, 5.74) is 0.764. The normalized spacial score (nSPS) is 11.9. The highest BCUT2D eigenvalue weighted by Crippen LogP contribution is 2.16. The zero-order valence-electron chi connectivity index (χ0n) is 10.2. The molecule has 1 aromatic carbocycles. The van der Waals surface area contributed by atoms with Crippen molar-refractivity contribution in [3.63, 3.8) is 0 Å². The predicted molar refractivity (Wildman–Crippen MR) is 66.5 cm³/mol. The molecule has 0 unspecified atom stereocenters. The van der Waals surface area contributed by atoms with Gasteiger partial charge in [0.25, 0.3) is 5.91 Å². The third kappa shape index (κ3) is 3.13. The van der Waals surface area contributed by atoms with Gasteiger partial charge in [0.2, 0.25) is 0 Å². The molecule has 1 amide bonds. The molecule has 0 aliphatic heterocycles. The maximum Gasteiger partial charge on any atom is 0.270 e. The van der Waals surface area contributed by atoms with Crippen LogP contribution in [-0.2, 0) is 0 Å². The second-order valence-electron chi connectivity index (χ2n) is 4.08. The van der Waals surface area contributed by atoms with Gasteiger partial charge in [0, 0.05) is 6.20 Å². The second kappa shape index (κ2) is 5.56. The fourth-order valence-electron chi connectivity index (χ4n) is 1.63. The first kappa shape index (κ1) is 13.1. The number of aromatic nitrogens is 1. The first-order valence-corrected chi connectivity index (χ1v) is 5.75. The van der Waals surface area contributed by atoms with Crippen molar-refractivity contribution in [2.45, 2.75) is 13.0 Å². The Kier molecular flexibility index (Phi) is 3.85. The molecule has 0 saturated carbocycles. The summed E-state index contributed by atoms with van der Waals surface area (Å²) in [5, 5.41) is 2.67. The van der Waals surface area contributed by atoms with Crippen LogP contribution in [-0.4, -0.2) is 10.9 Å². The number of amides is 1. The van der Waals surface area contributed by atoms with Crippen LogP contribution in [0.25, 0.3) is 0 Å². The van der Waals surface area contributed by atoms with Crippen LogP contribution in [0.15, 0.2) is 42.6 Å². The third-order valence-corrected chi connectivity index (χ3v) is 2.69. The third-order valence-electron chi connectivity index (χ3n) is 2.69. The van der Waals surface area contributed by atoms with E-state index >= 15 is 0 Å². The number of rotatable bonds is 3. The summed E-state index contributed by atoms with van der Waals surface area (Å²) in [4.78, 5) is 15.7. The van der Waals surface area contributed by atoms with E-state index in [1.54, 1.807) is 25.1 Å². The zero-order valence-corrected chi connectivity index (χ0v) is 10.2. The largest absolute Gasteiger partial charge is 0.344 e. The number of nitrogens with zero attached hydrogens (tertiary/aromatic N) is 1. The molecule has 0 bridgehead atoms. The Morgan fingerprint density at radius 1 is 1.21 bits per heavy atom. The van der Waals surface area contributed by atoms with E-state index in [9.17, 15) is 13.6 Å². The summed E-state index contributed by atoms with van der Waals surface area (Å²) in [7, 11) is 0. The van der Waals surface area contributed by atoms with Gasteiger partial charge in [-0.15, -0.1) is 0 Å². The van der Waals surface area contributed by atoms with E-state index in [4.69, 9.17) is 0 Å². The molecule has 5 heteroatoms. The Hall–Kier alpha value is -2.30. The molecule has 2 aromatic rings. The minimum atomic E-state index is -0.934. The molecule has 0 radical (unpaired) electrons. The van der Waals surface area contributed by atoms with Gasteiger partial charge in [0.05, 0.1) is 6.04 Å². The number of nitrogens with one attached hydrogen (secondary N) is 1. The second-order valence-corrected chi connectivity index (χ2v) is 4.08. The van der Waals surface area contributed by atoms with Gasteiger partial charge in [-0.1, -0.05) is 12.1 Å². The van der Waals surface area contributed by atoms with Gasteiger partial charge < -0.3 is 5.32 Å². The van der Waals surface area contributed by atoms with Crippen LogP contribution < -0.4 is 5.32 Å². The molecule has 19 heavy (non-hydrogen) atoms. The molecule has 3 nitrogen and oxygen atoms in total. The van der Waals surface area contributed by atoms with Gasteiger partial charge in [-0.2, -0.15) is 0 Å². The summed E-state index contributed by atoms with van der Waals surface area (Å²) in [6.07, 6.45) is 1.51. The summed E-state index contributed by atoms with van der Waals surface area (Å²) in [5.74, 6) is -2.21. The van der Waals surface area contributed by atoms with Crippen LogP contribution in [0, 0.1) is 11.6 Å². The first-order chi connectivity index (χ1) is 9.08. The Labute approximate surface area is 109 Å². The molecule has 1 N–H and O–H groups in total. The van der Waals surface area contributed by atoms with Crippen LogP contribution in [0.4, 0.5) is 8.78 Å². The maximum absolute atomic E-state index is 13.1. The molecule has 0 spiro atoms. The molecule has 0 fully saturated rings. The highest BCUT2D eigenvalue weighted by Gasteiger charge is 2.13. The van der Waals surface area contributed by atoms with Crippen LogP contribution in [0.2, 0.25) is 0 Å². The number of carbonyl (C=O) groups excluding carboxylic acids is 1. The van der Waals surface area contributed by atoms with Gasteiger partial charge in [0.1, 0.15) is 5.69 Å². The lowest BCUT2D eigenvalue weighted by Crippen LogP contribution is -2.27. The number of hydrogen-bond donors (Lipinski definition) is 1. The molecule has 0 aliphatic rings. The van der Waals surface area contributed by atoms with Crippen molar-refractivity contribution >= 4 is 5.91 Å². The van der Waals surface area contributed by atoms with E-state index in [1.807, 2.05) is 0 Å². The summed E-state index contributed by atoms with van der Waals surface area (Å²) >= 11 is 0.